The lowest BCUT2D eigenvalue weighted by Crippen LogP contribution is -2.41. The Bertz CT molecular complexity index is 197. The molecule has 0 aromatic heterocycles. The Morgan fingerprint density at radius 1 is 1.64 bits per heavy atom. The van der Waals surface area contributed by atoms with E-state index in [1.54, 1.807) is 6.92 Å². The zero-order valence-corrected chi connectivity index (χ0v) is 9.07. The van der Waals surface area contributed by atoms with Crippen LogP contribution in [0.3, 0.4) is 0 Å². The maximum Gasteiger partial charge on any atom is 0.219 e. The molecule has 1 atom stereocenters. The Hall–Kier alpha value is -0.610. The molecule has 0 aromatic carbocycles. The second-order valence-electron chi connectivity index (χ2n) is 3.99. The number of aliphatic hydroxyl groups excluding tert-OH is 1. The van der Waals surface area contributed by atoms with E-state index in [0.717, 1.165) is 25.9 Å². The molecule has 1 aliphatic heterocycles. The number of likely N-dealkylation sites (tertiary alicyclic amines) is 1. The van der Waals surface area contributed by atoms with Crippen LogP contribution in [-0.2, 0) is 4.79 Å². The maximum absolute atomic E-state index is 11.3. The number of nitrogens with zero attached hydrogens (tertiary/aromatic N) is 2. The number of carbonyl (C=O) groups is 1. The molecule has 0 aliphatic carbocycles. The minimum atomic E-state index is 0.171. The van der Waals surface area contributed by atoms with Crippen LogP contribution >= 0.6 is 0 Å². The average Bonchev–Trinajstić information content (AvgIpc) is 2.52. The number of likely N-dealkylation sites (N-methyl/N-ethyl adjacent to an activating group) is 1. The third-order valence-corrected chi connectivity index (χ3v) is 2.79. The van der Waals surface area contributed by atoms with Crippen LogP contribution in [0.1, 0.15) is 19.8 Å². The first-order chi connectivity index (χ1) is 6.65. The van der Waals surface area contributed by atoms with Crippen molar-refractivity contribution in [2.45, 2.75) is 25.8 Å². The number of hydrogen-bond acceptors (Lipinski definition) is 3. The van der Waals surface area contributed by atoms with E-state index in [9.17, 15) is 4.79 Å². The van der Waals surface area contributed by atoms with Gasteiger partial charge in [0.05, 0.1) is 6.61 Å². The summed E-state index contributed by atoms with van der Waals surface area (Å²) in [7, 11) is 1.98. The Kier molecular flexibility index (Phi) is 4.35. The van der Waals surface area contributed by atoms with Gasteiger partial charge in [0.2, 0.25) is 5.91 Å². The molecule has 82 valence electrons. The highest BCUT2D eigenvalue weighted by atomic mass is 16.3. The molecule has 0 unspecified atom stereocenters. The number of amides is 1. The number of carbonyl (C=O) groups excluding carboxylic acids is 1. The zero-order chi connectivity index (χ0) is 10.6. The van der Waals surface area contributed by atoms with E-state index in [1.165, 1.54) is 0 Å². The van der Waals surface area contributed by atoms with Gasteiger partial charge in [0, 0.05) is 32.6 Å². The van der Waals surface area contributed by atoms with E-state index in [2.05, 4.69) is 4.90 Å². The topological polar surface area (TPSA) is 43.8 Å². The Labute approximate surface area is 85.5 Å². The fourth-order valence-corrected chi connectivity index (χ4v) is 2.06. The van der Waals surface area contributed by atoms with Crippen molar-refractivity contribution in [3.8, 4) is 0 Å². The number of aliphatic hydroxyl groups is 1. The van der Waals surface area contributed by atoms with Crippen molar-refractivity contribution in [3.05, 3.63) is 0 Å². The van der Waals surface area contributed by atoms with Gasteiger partial charge in [0.25, 0.3) is 0 Å². The van der Waals surface area contributed by atoms with Crippen LogP contribution in [0.2, 0.25) is 0 Å². The molecule has 0 bridgehead atoms. The molecule has 0 radical (unpaired) electrons. The second kappa shape index (κ2) is 5.32. The lowest BCUT2D eigenvalue weighted by Gasteiger charge is -2.27. The van der Waals surface area contributed by atoms with E-state index in [-0.39, 0.29) is 12.5 Å². The Balaban J connectivity index is 2.39. The standard InChI is InChI=1S/C10H20N2O2/c1-9(14)12-5-3-4-10(12)8-11(2)6-7-13/h10,13H,3-8H2,1-2H3/t10-/m0/s1. The van der Waals surface area contributed by atoms with Gasteiger partial charge in [-0.3, -0.25) is 4.79 Å². The van der Waals surface area contributed by atoms with Crippen molar-refractivity contribution in [1.82, 2.24) is 9.80 Å². The van der Waals surface area contributed by atoms with Gasteiger partial charge in [-0.05, 0) is 19.9 Å². The van der Waals surface area contributed by atoms with Crippen molar-refractivity contribution in [2.75, 3.05) is 33.3 Å². The molecule has 1 rings (SSSR count). The van der Waals surface area contributed by atoms with Crippen LogP contribution < -0.4 is 0 Å². The van der Waals surface area contributed by atoms with Crippen molar-refractivity contribution >= 4 is 5.91 Å². The van der Waals surface area contributed by atoms with E-state index in [1.807, 2.05) is 11.9 Å². The average molecular weight is 200 g/mol. The Morgan fingerprint density at radius 3 is 2.93 bits per heavy atom. The van der Waals surface area contributed by atoms with Crippen LogP contribution in [0.4, 0.5) is 0 Å². The van der Waals surface area contributed by atoms with Gasteiger partial charge < -0.3 is 14.9 Å². The highest BCUT2D eigenvalue weighted by Gasteiger charge is 2.26. The molecule has 14 heavy (non-hydrogen) atoms. The van der Waals surface area contributed by atoms with Crippen LogP contribution in [-0.4, -0.2) is 60.1 Å². The predicted octanol–water partition coefficient (Wildman–Crippen LogP) is -0.0786. The monoisotopic (exact) mass is 200 g/mol. The molecular formula is C10H20N2O2. The lowest BCUT2D eigenvalue weighted by molar-refractivity contribution is -0.129. The second-order valence-corrected chi connectivity index (χ2v) is 3.99. The fourth-order valence-electron chi connectivity index (χ4n) is 2.06. The molecule has 0 saturated carbocycles. The highest BCUT2D eigenvalue weighted by Crippen LogP contribution is 2.17. The summed E-state index contributed by atoms with van der Waals surface area (Å²) in [5.41, 5.74) is 0. The van der Waals surface area contributed by atoms with Crippen molar-refractivity contribution in [3.63, 3.8) is 0 Å². The summed E-state index contributed by atoms with van der Waals surface area (Å²) in [4.78, 5) is 15.3. The first-order valence-corrected chi connectivity index (χ1v) is 5.21. The predicted molar refractivity (Wildman–Crippen MR) is 55.0 cm³/mol. The zero-order valence-electron chi connectivity index (χ0n) is 9.07. The molecule has 1 N–H and O–H groups in total. The van der Waals surface area contributed by atoms with Crippen LogP contribution in [0.25, 0.3) is 0 Å². The number of hydrogen-bond donors (Lipinski definition) is 1. The smallest absolute Gasteiger partial charge is 0.219 e. The van der Waals surface area contributed by atoms with Crippen molar-refractivity contribution < 1.29 is 9.90 Å². The van der Waals surface area contributed by atoms with Crippen molar-refractivity contribution in [1.29, 1.82) is 0 Å². The summed E-state index contributed by atoms with van der Waals surface area (Å²) >= 11 is 0. The summed E-state index contributed by atoms with van der Waals surface area (Å²) in [5, 5.41) is 8.76. The largest absolute Gasteiger partial charge is 0.395 e. The third-order valence-electron chi connectivity index (χ3n) is 2.79. The first kappa shape index (κ1) is 11.5. The highest BCUT2D eigenvalue weighted by molar-refractivity contribution is 5.73. The minimum absolute atomic E-state index is 0.171. The van der Waals surface area contributed by atoms with E-state index >= 15 is 0 Å². The number of rotatable bonds is 4. The van der Waals surface area contributed by atoms with Gasteiger partial charge in [-0.15, -0.1) is 0 Å². The summed E-state index contributed by atoms with van der Waals surface area (Å²) in [6, 6.07) is 0.351. The van der Waals surface area contributed by atoms with E-state index in [0.29, 0.717) is 12.6 Å². The quantitative estimate of drug-likeness (QED) is 0.690. The molecule has 1 aliphatic rings. The van der Waals surface area contributed by atoms with Crippen molar-refractivity contribution in [2.24, 2.45) is 0 Å². The van der Waals surface area contributed by atoms with Crippen LogP contribution in [0, 0.1) is 0 Å². The van der Waals surface area contributed by atoms with Gasteiger partial charge in [-0.1, -0.05) is 0 Å². The van der Waals surface area contributed by atoms with Gasteiger partial charge in [0.15, 0.2) is 0 Å². The SMILES string of the molecule is CC(=O)N1CCC[C@H]1CN(C)CCO. The molecule has 1 amide bonds. The summed E-state index contributed by atoms with van der Waals surface area (Å²) in [6.07, 6.45) is 2.20. The molecule has 1 heterocycles. The first-order valence-electron chi connectivity index (χ1n) is 5.21. The van der Waals surface area contributed by atoms with Gasteiger partial charge >= 0.3 is 0 Å². The van der Waals surface area contributed by atoms with Gasteiger partial charge in [0.1, 0.15) is 0 Å². The summed E-state index contributed by atoms with van der Waals surface area (Å²) in [5.74, 6) is 0.171. The summed E-state index contributed by atoms with van der Waals surface area (Å²) in [6.45, 7) is 4.27. The molecule has 4 nitrogen and oxygen atoms in total. The van der Waals surface area contributed by atoms with Crippen LogP contribution in [0.5, 0.6) is 0 Å². The fraction of sp³-hybridized carbons (Fsp3) is 0.900. The Morgan fingerprint density at radius 2 is 2.36 bits per heavy atom. The minimum Gasteiger partial charge on any atom is -0.395 e. The van der Waals surface area contributed by atoms with Gasteiger partial charge in [-0.25, -0.2) is 0 Å². The summed E-state index contributed by atoms with van der Waals surface area (Å²) < 4.78 is 0. The normalized spacial score (nSPS) is 22.0. The van der Waals surface area contributed by atoms with Gasteiger partial charge in [-0.2, -0.15) is 0 Å². The molecular weight excluding hydrogens is 180 g/mol. The molecule has 1 saturated heterocycles. The molecule has 1 fully saturated rings. The molecule has 4 heteroatoms. The third kappa shape index (κ3) is 2.96. The molecule has 0 aromatic rings. The van der Waals surface area contributed by atoms with E-state index in [4.69, 9.17) is 5.11 Å². The molecule has 0 spiro atoms. The van der Waals surface area contributed by atoms with E-state index < -0.39 is 0 Å². The lowest BCUT2D eigenvalue weighted by atomic mass is 10.2. The van der Waals surface area contributed by atoms with Crippen LogP contribution in [0.15, 0.2) is 0 Å². The maximum atomic E-state index is 11.3.